The predicted octanol–water partition coefficient (Wildman–Crippen LogP) is 5.54. The average Bonchev–Trinajstić information content (AvgIpc) is 3.24. The summed E-state index contributed by atoms with van der Waals surface area (Å²) in [4.78, 5) is 6.60. The van der Waals surface area contributed by atoms with Gasteiger partial charge in [-0.05, 0) is 41.5 Å². The number of hydrogen-bond acceptors (Lipinski definition) is 3. The smallest absolute Gasteiger partial charge is 0.379 e. The van der Waals surface area contributed by atoms with Crippen molar-refractivity contribution in [3.63, 3.8) is 0 Å². The van der Waals surface area contributed by atoms with Gasteiger partial charge in [0.15, 0.2) is 0 Å². The summed E-state index contributed by atoms with van der Waals surface area (Å²) in [7, 11) is 0. The van der Waals surface area contributed by atoms with Crippen LogP contribution in [0.25, 0.3) is 27.8 Å². The van der Waals surface area contributed by atoms with Gasteiger partial charge in [-0.15, -0.1) is 0 Å². The van der Waals surface area contributed by atoms with Crippen LogP contribution in [0.15, 0.2) is 73.1 Å². The first-order chi connectivity index (χ1) is 15.5. The maximum absolute atomic E-state index is 13.7. The van der Waals surface area contributed by atoms with E-state index in [4.69, 9.17) is 4.74 Å². The van der Waals surface area contributed by atoms with Crippen LogP contribution in [-0.2, 0) is 17.5 Å². The molecule has 4 nitrogen and oxygen atoms in total. The highest BCUT2D eigenvalue weighted by Gasteiger charge is 2.32. The molecule has 1 aliphatic heterocycles. The average molecular weight is 437 g/mol. The Morgan fingerprint density at radius 2 is 1.69 bits per heavy atom. The Balaban J connectivity index is 1.65. The number of alkyl halides is 3. The number of rotatable bonds is 4. The molecule has 7 heteroatoms. The fourth-order valence-electron chi connectivity index (χ4n) is 4.17. The molecule has 164 valence electrons. The van der Waals surface area contributed by atoms with Gasteiger partial charge in [0.05, 0.1) is 29.8 Å². The summed E-state index contributed by atoms with van der Waals surface area (Å²) in [6.45, 7) is 3.82. The number of morpholine rings is 1. The number of ether oxygens (including phenoxy) is 1. The van der Waals surface area contributed by atoms with Crippen LogP contribution in [0.2, 0.25) is 0 Å². The first-order valence-corrected chi connectivity index (χ1v) is 10.5. The Kier molecular flexibility index (Phi) is 5.45. The quantitative estimate of drug-likeness (QED) is 0.420. The lowest BCUT2D eigenvalue weighted by Gasteiger charge is -2.26. The second-order valence-corrected chi connectivity index (χ2v) is 7.93. The maximum atomic E-state index is 13.7. The van der Waals surface area contributed by atoms with Gasteiger partial charge in [-0.25, -0.2) is 4.98 Å². The molecule has 0 radical (unpaired) electrons. The molecule has 3 aromatic carbocycles. The number of fused-ring (bicyclic) bond motifs is 1. The van der Waals surface area contributed by atoms with E-state index in [1.165, 1.54) is 6.07 Å². The van der Waals surface area contributed by atoms with Crippen LogP contribution in [0.3, 0.4) is 0 Å². The van der Waals surface area contributed by atoms with Crippen LogP contribution in [0.5, 0.6) is 0 Å². The second kappa shape index (κ2) is 8.41. The minimum absolute atomic E-state index is 0.317. The summed E-state index contributed by atoms with van der Waals surface area (Å²) < 4.78 is 48.3. The lowest BCUT2D eigenvalue weighted by molar-refractivity contribution is -0.137. The normalized spacial score (nSPS) is 15.3. The van der Waals surface area contributed by atoms with Gasteiger partial charge < -0.3 is 4.74 Å². The highest BCUT2D eigenvalue weighted by Crippen LogP contribution is 2.38. The van der Waals surface area contributed by atoms with Crippen molar-refractivity contribution in [2.75, 3.05) is 26.3 Å². The van der Waals surface area contributed by atoms with Crippen LogP contribution < -0.4 is 0 Å². The number of benzene rings is 3. The molecule has 0 N–H and O–H groups in total. The number of para-hydroxylation sites is 1. The first-order valence-electron chi connectivity index (χ1n) is 10.5. The van der Waals surface area contributed by atoms with Crippen molar-refractivity contribution in [1.29, 1.82) is 0 Å². The van der Waals surface area contributed by atoms with Gasteiger partial charge in [-0.3, -0.25) is 9.47 Å². The third-order valence-electron chi connectivity index (χ3n) is 5.75. The molecule has 5 rings (SSSR count). The molecule has 4 aromatic rings. The highest BCUT2D eigenvalue weighted by molar-refractivity contribution is 5.94. The van der Waals surface area contributed by atoms with E-state index >= 15 is 0 Å². The summed E-state index contributed by atoms with van der Waals surface area (Å²) in [5.41, 5.74) is 3.44. The summed E-state index contributed by atoms with van der Waals surface area (Å²) in [6, 6.07) is 19.6. The topological polar surface area (TPSA) is 30.3 Å². The zero-order chi connectivity index (χ0) is 22.1. The molecule has 1 aliphatic rings. The van der Waals surface area contributed by atoms with E-state index < -0.39 is 11.7 Å². The standard InChI is InChI=1S/C25H22F3N3O/c26-25(27,28)20-14-22(19-6-4-5-18(13-19)16-30-9-11-32-12-10-30)24-23(15-20)29-17-31(24)21-7-2-1-3-8-21/h1-8,13-15,17H,9-12,16H2. The van der Waals surface area contributed by atoms with E-state index in [-0.39, 0.29) is 0 Å². The highest BCUT2D eigenvalue weighted by atomic mass is 19.4. The lowest BCUT2D eigenvalue weighted by Crippen LogP contribution is -2.35. The summed E-state index contributed by atoms with van der Waals surface area (Å²) in [6.07, 6.45) is -2.87. The van der Waals surface area contributed by atoms with Crippen molar-refractivity contribution >= 4 is 11.0 Å². The van der Waals surface area contributed by atoms with Gasteiger partial charge in [0.2, 0.25) is 0 Å². The van der Waals surface area contributed by atoms with Gasteiger partial charge in [0, 0.05) is 30.9 Å². The van der Waals surface area contributed by atoms with Crippen molar-refractivity contribution in [2.45, 2.75) is 12.7 Å². The Labute approximate surface area is 183 Å². The largest absolute Gasteiger partial charge is 0.416 e. The third kappa shape index (κ3) is 4.13. The predicted molar refractivity (Wildman–Crippen MR) is 118 cm³/mol. The van der Waals surface area contributed by atoms with Gasteiger partial charge in [-0.1, -0.05) is 36.4 Å². The Morgan fingerprint density at radius 1 is 0.906 bits per heavy atom. The van der Waals surface area contributed by atoms with Gasteiger partial charge in [0.1, 0.15) is 6.33 Å². The molecular formula is C25H22F3N3O. The van der Waals surface area contributed by atoms with E-state index in [1.54, 1.807) is 6.33 Å². The van der Waals surface area contributed by atoms with Crippen molar-refractivity contribution in [2.24, 2.45) is 0 Å². The minimum Gasteiger partial charge on any atom is -0.379 e. The van der Waals surface area contributed by atoms with E-state index in [9.17, 15) is 13.2 Å². The fourth-order valence-corrected chi connectivity index (χ4v) is 4.17. The van der Waals surface area contributed by atoms with E-state index in [2.05, 4.69) is 9.88 Å². The summed E-state index contributed by atoms with van der Waals surface area (Å²) in [5, 5.41) is 0. The molecule has 1 aromatic heterocycles. The van der Waals surface area contributed by atoms with Gasteiger partial charge in [0.25, 0.3) is 0 Å². The molecule has 0 unspecified atom stereocenters. The first kappa shape index (κ1) is 20.7. The minimum atomic E-state index is -4.45. The van der Waals surface area contributed by atoms with Gasteiger partial charge >= 0.3 is 6.18 Å². The molecular weight excluding hydrogens is 415 g/mol. The van der Waals surface area contributed by atoms with Crippen LogP contribution in [0.4, 0.5) is 13.2 Å². The van der Waals surface area contributed by atoms with Crippen molar-refractivity contribution in [3.8, 4) is 16.8 Å². The zero-order valence-electron chi connectivity index (χ0n) is 17.3. The molecule has 0 amide bonds. The van der Waals surface area contributed by atoms with Crippen molar-refractivity contribution in [1.82, 2.24) is 14.5 Å². The Hall–Kier alpha value is -3.16. The molecule has 1 saturated heterocycles. The monoisotopic (exact) mass is 437 g/mol. The number of imidazole rings is 1. The van der Waals surface area contributed by atoms with Crippen LogP contribution >= 0.6 is 0 Å². The second-order valence-electron chi connectivity index (χ2n) is 7.93. The van der Waals surface area contributed by atoms with Crippen LogP contribution in [0.1, 0.15) is 11.1 Å². The molecule has 32 heavy (non-hydrogen) atoms. The van der Waals surface area contributed by atoms with Gasteiger partial charge in [-0.2, -0.15) is 13.2 Å². The summed E-state index contributed by atoms with van der Waals surface area (Å²) in [5.74, 6) is 0. The number of aromatic nitrogens is 2. The van der Waals surface area contributed by atoms with E-state index in [1.807, 2.05) is 59.2 Å². The van der Waals surface area contributed by atoms with Crippen LogP contribution in [0, 0.1) is 0 Å². The zero-order valence-corrected chi connectivity index (χ0v) is 17.3. The maximum Gasteiger partial charge on any atom is 0.416 e. The molecule has 0 aliphatic carbocycles. The molecule has 0 bridgehead atoms. The summed E-state index contributed by atoms with van der Waals surface area (Å²) >= 11 is 0. The van der Waals surface area contributed by atoms with E-state index in [0.717, 1.165) is 42.5 Å². The van der Waals surface area contributed by atoms with Crippen LogP contribution in [-0.4, -0.2) is 40.8 Å². The third-order valence-corrected chi connectivity index (χ3v) is 5.75. The SMILES string of the molecule is FC(F)(F)c1cc(-c2cccc(CN3CCOCC3)c2)c2c(c1)ncn2-c1ccccc1. The number of halogens is 3. The molecule has 0 saturated carbocycles. The Morgan fingerprint density at radius 3 is 2.44 bits per heavy atom. The molecule has 2 heterocycles. The van der Waals surface area contributed by atoms with Crippen molar-refractivity contribution in [3.05, 3.63) is 84.2 Å². The molecule has 0 atom stereocenters. The van der Waals surface area contributed by atoms with Crippen molar-refractivity contribution < 1.29 is 17.9 Å². The number of nitrogens with zero attached hydrogens (tertiary/aromatic N) is 3. The Bertz CT molecular complexity index is 1230. The molecule has 1 fully saturated rings. The number of hydrogen-bond donors (Lipinski definition) is 0. The van der Waals surface area contributed by atoms with E-state index in [0.29, 0.717) is 29.8 Å². The fraction of sp³-hybridized carbons (Fsp3) is 0.240. The lowest BCUT2D eigenvalue weighted by atomic mass is 9.98. The molecule has 0 spiro atoms.